The van der Waals surface area contributed by atoms with Gasteiger partial charge in [0, 0.05) is 35.6 Å². The van der Waals surface area contributed by atoms with Crippen LogP contribution in [0.4, 0.5) is 10.5 Å². The molecule has 1 aromatic heterocycles. The average molecular weight is 554 g/mol. The largest absolute Gasteiger partial charge is 0.493 e. The zero-order valence-electron chi connectivity index (χ0n) is 23.7. The summed E-state index contributed by atoms with van der Waals surface area (Å²) < 4.78 is 16.0. The summed E-state index contributed by atoms with van der Waals surface area (Å²) in [6.07, 6.45) is 0.628. The lowest BCUT2D eigenvalue weighted by Crippen LogP contribution is -2.46. The number of para-hydroxylation sites is 1. The molecule has 8 nitrogen and oxygen atoms in total. The van der Waals surface area contributed by atoms with Crippen molar-refractivity contribution >= 4 is 29.0 Å². The Labute approximate surface area is 235 Å². The van der Waals surface area contributed by atoms with E-state index in [1.165, 1.54) is 9.78 Å². The van der Waals surface area contributed by atoms with Gasteiger partial charge in [-0.05, 0) is 68.1 Å². The number of hydrogen-bond acceptors (Lipinski definition) is 6. The summed E-state index contributed by atoms with van der Waals surface area (Å²) in [6.45, 7) is 7.47. The second-order valence-corrected chi connectivity index (χ2v) is 10.8. The van der Waals surface area contributed by atoms with E-state index in [-0.39, 0.29) is 18.5 Å². The lowest BCUT2D eigenvalue weighted by atomic mass is 10.1. The number of methoxy groups -OCH3 is 3. The molecule has 3 rings (SSSR count). The highest BCUT2D eigenvalue weighted by Gasteiger charge is 2.23. The highest BCUT2D eigenvalue weighted by atomic mass is 32.1. The summed E-state index contributed by atoms with van der Waals surface area (Å²) in [5, 5.41) is 3.00. The highest BCUT2D eigenvalue weighted by Crippen LogP contribution is 2.28. The fraction of sp³-hybridized carbons (Fsp3) is 0.400. The van der Waals surface area contributed by atoms with Crippen LogP contribution in [0.25, 0.3) is 0 Å². The van der Waals surface area contributed by atoms with Crippen molar-refractivity contribution in [2.75, 3.05) is 52.9 Å². The summed E-state index contributed by atoms with van der Waals surface area (Å²) in [5.41, 5.74) is 3.71. The van der Waals surface area contributed by atoms with Crippen LogP contribution in [-0.4, -0.2) is 69.3 Å². The normalized spacial score (nSPS) is 10.7. The molecule has 3 amide bonds. The summed E-state index contributed by atoms with van der Waals surface area (Å²) >= 11 is 1.67. The maximum atomic E-state index is 13.7. The minimum atomic E-state index is -0.329. The molecule has 1 N–H and O–H groups in total. The minimum Gasteiger partial charge on any atom is -0.493 e. The van der Waals surface area contributed by atoms with Crippen molar-refractivity contribution in [3.8, 4) is 11.5 Å². The fourth-order valence-corrected chi connectivity index (χ4v) is 5.17. The van der Waals surface area contributed by atoms with E-state index >= 15 is 0 Å². The van der Waals surface area contributed by atoms with Gasteiger partial charge >= 0.3 is 6.03 Å². The van der Waals surface area contributed by atoms with E-state index in [9.17, 15) is 9.59 Å². The van der Waals surface area contributed by atoms with Crippen LogP contribution in [-0.2, 0) is 22.5 Å². The zero-order valence-corrected chi connectivity index (χ0v) is 24.5. The molecule has 0 atom stereocenters. The van der Waals surface area contributed by atoms with Crippen LogP contribution in [0.3, 0.4) is 0 Å². The number of urea groups is 1. The topological polar surface area (TPSA) is 80.3 Å². The van der Waals surface area contributed by atoms with Crippen molar-refractivity contribution in [2.24, 2.45) is 0 Å². The van der Waals surface area contributed by atoms with Gasteiger partial charge in [-0.1, -0.05) is 24.3 Å². The number of carbonyl (C=O) groups excluding carboxylic acids is 2. The van der Waals surface area contributed by atoms with Gasteiger partial charge < -0.3 is 29.3 Å². The predicted octanol–water partition coefficient (Wildman–Crippen LogP) is 5.44. The monoisotopic (exact) mass is 553 g/mol. The summed E-state index contributed by atoms with van der Waals surface area (Å²) in [7, 11) is 4.79. The Bertz CT molecular complexity index is 1240. The first kappa shape index (κ1) is 30.0. The van der Waals surface area contributed by atoms with Crippen LogP contribution in [0.15, 0.2) is 48.5 Å². The molecule has 0 radical (unpaired) electrons. The molecule has 210 valence electrons. The zero-order chi connectivity index (χ0) is 28.4. The highest BCUT2D eigenvalue weighted by molar-refractivity contribution is 7.11. The lowest BCUT2D eigenvalue weighted by Gasteiger charge is -2.28. The number of nitrogens with zero attached hydrogens (tertiary/aromatic N) is 2. The van der Waals surface area contributed by atoms with E-state index in [4.69, 9.17) is 14.2 Å². The summed E-state index contributed by atoms with van der Waals surface area (Å²) in [4.78, 5) is 32.6. The van der Waals surface area contributed by atoms with Crippen molar-refractivity contribution in [3.63, 3.8) is 0 Å². The quantitative estimate of drug-likeness (QED) is 0.305. The molecule has 2 aromatic carbocycles. The Morgan fingerprint density at radius 1 is 0.872 bits per heavy atom. The molecule has 0 aliphatic heterocycles. The van der Waals surface area contributed by atoms with E-state index in [0.29, 0.717) is 44.2 Å². The van der Waals surface area contributed by atoms with Gasteiger partial charge in [0.05, 0.1) is 27.4 Å². The molecule has 0 aliphatic rings. The van der Waals surface area contributed by atoms with Crippen LogP contribution in [0, 0.1) is 20.8 Å². The van der Waals surface area contributed by atoms with Gasteiger partial charge in [-0.3, -0.25) is 4.79 Å². The lowest BCUT2D eigenvalue weighted by molar-refractivity contribution is -0.132. The number of aryl methyl sites for hydroxylation is 3. The number of anilines is 1. The van der Waals surface area contributed by atoms with Gasteiger partial charge in [0.2, 0.25) is 5.91 Å². The first-order valence-electron chi connectivity index (χ1n) is 12.9. The first-order chi connectivity index (χ1) is 18.7. The molecule has 39 heavy (non-hydrogen) atoms. The smallest absolute Gasteiger partial charge is 0.322 e. The second-order valence-electron chi connectivity index (χ2n) is 9.38. The summed E-state index contributed by atoms with van der Waals surface area (Å²) in [5.74, 6) is 1.18. The van der Waals surface area contributed by atoms with Crippen LogP contribution in [0.2, 0.25) is 0 Å². The maximum absolute atomic E-state index is 13.7. The minimum absolute atomic E-state index is 0.0591. The van der Waals surface area contributed by atoms with Gasteiger partial charge in [0.1, 0.15) is 6.54 Å². The number of thiophene rings is 1. The average Bonchev–Trinajstić information content (AvgIpc) is 3.34. The third-order valence-electron chi connectivity index (χ3n) is 6.51. The predicted molar refractivity (Wildman–Crippen MR) is 156 cm³/mol. The third kappa shape index (κ3) is 8.46. The van der Waals surface area contributed by atoms with Gasteiger partial charge in [-0.15, -0.1) is 11.3 Å². The fourth-order valence-electron chi connectivity index (χ4n) is 4.27. The van der Waals surface area contributed by atoms with E-state index in [1.807, 2.05) is 68.1 Å². The van der Waals surface area contributed by atoms with E-state index in [1.54, 1.807) is 32.7 Å². The number of benzene rings is 2. The molecular weight excluding hydrogens is 514 g/mol. The molecule has 0 bridgehead atoms. The van der Waals surface area contributed by atoms with E-state index < -0.39 is 0 Å². The maximum Gasteiger partial charge on any atom is 0.322 e. The molecule has 0 spiro atoms. The van der Waals surface area contributed by atoms with Gasteiger partial charge in [-0.25, -0.2) is 4.79 Å². The first-order valence-corrected chi connectivity index (χ1v) is 13.7. The van der Waals surface area contributed by atoms with Crippen molar-refractivity contribution < 1.29 is 23.8 Å². The standard InChI is InChI=1S/C30H39N3O5S/c1-21-8-7-9-22(2)29(21)31-30(35)33(16-17-36-4)20-28(34)32(19-25-12-10-23(3)39-25)15-14-24-11-13-26(37-5)27(18-24)38-6/h7-13,18H,14-17,19-20H2,1-6H3,(H,31,35). The Morgan fingerprint density at radius 3 is 2.21 bits per heavy atom. The molecule has 3 aromatic rings. The third-order valence-corrected chi connectivity index (χ3v) is 7.49. The van der Waals surface area contributed by atoms with Gasteiger partial charge in [0.25, 0.3) is 0 Å². The molecular formula is C30H39N3O5S. The Hall–Kier alpha value is -3.56. The molecule has 9 heteroatoms. The molecule has 0 fully saturated rings. The van der Waals surface area contributed by atoms with Crippen LogP contribution >= 0.6 is 11.3 Å². The molecule has 0 aliphatic carbocycles. The number of ether oxygens (including phenoxy) is 3. The number of hydrogen-bond donors (Lipinski definition) is 1. The van der Waals surface area contributed by atoms with Crippen molar-refractivity contribution in [3.05, 3.63) is 75.0 Å². The number of amides is 3. The van der Waals surface area contributed by atoms with Crippen molar-refractivity contribution in [1.82, 2.24) is 9.80 Å². The number of nitrogens with one attached hydrogen (secondary N) is 1. The SMILES string of the molecule is COCCN(CC(=O)N(CCc1ccc(OC)c(OC)c1)Cc1ccc(C)s1)C(=O)Nc1c(C)cccc1C. The Morgan fingerprint density at radius 2 is 1.59 bits per heavy atom. The van der Waals surface area contributed by atoms with Gasteiger partial charge in [0.15, 0.2) is 11.5 Å². The number of rotatable bonds is 13. The van der Waals surface area contributed by atoms with Gasteiger partial charge in [-0.2, -0.15) is 0 Å². The molecule has 0 unspecified atom stereocenters. The Kier molecular flexibility index (Phi) is 11.2. The Balaban J connectivity index is 1.78. The molecule has 0 saturated heterocycles. The van der Waals surface area contributed by atoms with Crippen LogP contribution in [0.5, 0.6) is 11.5 Å². The number of carbonyl (C=O) groups is 2. The van der Waals surface area contributed by atoms with Crippen LogP contribution in [0.1, 0.15) is 26.4 Å². The summed E-state index contributed by atoms with van der Waals surface area (Å²) in [6, 6.07) is 15.4. The van der Waals surface area contributed by atoms with E-state index in [2.05, 4.69) is 11.4 Å². The van der Waals surface area contributed by atoms with Crippen molar-refractivity contribution in [1.29, 1.82) is 0 Å². The molecule has 1 heterocycles. The van der Waals surface area contributed by atoms with E-state index in [0.717, 1.165) is 27.3 Å². The molecule has 0 saturated carbocycles. The second kappa shape index (κ2) is 14.6. The van der Waals surface area contributed by atoms with Crippen LogP contribution < -0.4 is 14.8 Å². The van der Waals surface area contributed by atoms with Crippen molar-refractivity contribution in [2.45, 2.75) is 33.7 Å².